The molecule has 4 rings (SSSR count). The van der Waals surface area contributed by atoms with Gasteiger partial charge in [-0.15, -0.1) is 11.3 Å². The van der Waals surface area contributed by atoms with Crippen LogP contribution in [-0.2, 0) is 11.2 Å². The number of hydrogen-bond donors (Lipinski definition) is 1. The molecule has 8 heteroatoms. The molecule has 4 aromatic rings. The number of hydrogen-bond acceptors (Lipinski definition) is 5. The zero-order valence-electron chi connectivity index (χ0n) is 17.5. The summed E-state index contributed by atoms with van der Waals surface area (Å²) < 4.78 is 2.06. The zero-order valence-corrected chi connectivity index (χ0v) is 19.8. The van der Waals surface area contributed by atoms with E-state index in [2.05, 4.69) is 22.4 Å². The number of para-hydroxylation sites is 1. The molecule has 0 bridgehead atoms. The highest BCUT2D eigenvalue weighted by atomic mass is 35.5. The van der Waals surface area contributed by atoms with Crippen LogP contribution in [0.15, 0.2) is 76.0 Å². The molecule has 2 heterocycles. The smallest absolute Gasteiger partial charge is 0.276 e. The molecule has 164 valence electrons. The van der Waals surface area contributed by atoms with Crippen LogP contribution in [0.1, 0.15) is 18.9 Å². The van der Waals surface area contributed by atoms with E-state index in [1.54, 1.807) is 12.1 Å². The highest BCUT2D eigenvalue weighted by molar-refractivity contribution is 7.99. The molecule has 1 N–H and O–H groups in total. The van der Waals surface area contributed by atoms with Crippen LogP contribution in [-0.4, -0.2) is 27.3 Å². The summed E-state index contributed by atoms with van der Waals surface area (Å²) in [4.78, 5) is 30.4. The van der Waals surface area contributed by atoms with Crippen molar-refractivity contribution >= 4 is 50.8 Å². The van der Waals surface area contributed by atoms with Crippen molar-refractivity contribution in [2.75, 3.05) is 5.75 Å². The summed E-state index contributed by atoms with van der Waals surface area (Å²) in [7, 11) is 0. The fourth-order valence-corrected chi connectivity index (χ4v) is 5.18. The van der Waals surface area contributed by atoms with E-state index >= 15 is 0 Å². The molecule has 2 aromatic heterocycles. The fourth-order valence-electron chi connectivity index (χ4n) is 3.38. The van der Waals surface area contributed by atoms with Gasteiger partial charge in [0.05, 0.1) is 22.0 Å². The number of thioether (sulfide) groups is 1. The molecule has 0 aliphatic carbocycles. The minimum Gasteiger partial charge on any atom is -0.353 e. The van der Waals surface area contributed by atoms with Gasteiger partial charge in [0.15, 0.2) is 5.16 Å². The van der Waals surface area contributed by atoms with E-state index in [-0.39, 0.29) is 23.3 Å². The lowest BCUT2D eigenvalue weighted by Gasteiger charge is -2.15. The van der Waals surface area contributed by atoms with Gasteiger partial charge in [-0.05, 0) is 48.9 Å². The molecule has 1 unspecified atom stereocenters. The normalized spacial score (nSPS) is 12.1. The second-order valence-electron chi connectivity index (χ2n) is 7.40. The van der Waals surface area contributed by atoms with Crippen molar-refractivity contribution in [2.24, 2.45) is 0 Å². The molecule has 0 fully saturated rings. The Morgan fingerprint density at radius 1 is 1.16 bits per heavy atom. The number of thiophene rings is 1. The van der Waals surface area contributed by atoms with E-state index in [0.717, 1.165) is 12.8 Å². The van der Waals surface area contributed by atoms with E-state index in [1.165, 1.54) is 33.2 Å². The summed E-state index contributed by atoms with van der Waals surface area (Å²) in [6.45, 7) is 2.00. The van der Waals surface area contributed by atoms with Crippen LogP contribution in [0.2, 0.25) is 5.02 Å². The highest BCUT2D eigenvalue weighted by Gasteiger charge is 2.17. The molecule has 0 radical (unpaired) electrons. The first kappa shape index (κ1) is 22.6. The van der Waals surface area contributed by atoms with Gasteiger partial charge in [-0.25, -0.2) is 4.98 Å². The van der Waals surface area contributed by atoms with Gasteiger partial charge in [0.1, 0.15) is 4.70 Å². The first-order valence-electron chi connectivity index (χ1n) is 10.2. The average molecular weight is 484 g/mol. The maximum absolute atomic E-state index is 13.2. The molecular formula is C24H22ClN3O2S2. The predicted octanol–water partition coefficient (Wildman–Crippen LogP) is 5.33. The van der Waals surface area contributed by atoms with E-state index in [0.29, 0.717) is 26.1 Å². The SMILES string of the molecule is CC(CCc1ccccc1)NC(=O)CSc1nc2ccsc2c(=O)n1-c1ccccc1Cl. The van der Waals surface area contributed by atoms with Crippen LogP contribution >= 0.6 is 34.7 Å². The van der Waals surface area contributed by atoms with Gasteiger partial charge >= 0.3 is 0 Å². The van der Waals surface area contributed by atoms with E-state index in [4.69, 9.17) is 11.6 Å². The monoisotopic (exact) mass is 483 g/mol. The average Bonchev–Trinajstić information content (AvgIpc) is 3.27. The Balaban J connectivity index is 1.48. The maximum Gasteiger partial charge on any atom is 0.276 e. The van der Waals surface area contributed by atoms with Crippen LogP contribution in [0.4, 0.5) is 0 Å². The third kappa shape index (κ3) is 5.23. The van der Waals surface area contributed by atoms with Crippen molar-refractivity contribution in [1.82, 2.24) is 14.9 Å². The van der Waals surface area contributed by atoms with Gasteiger partial charge in [0, 0.05) is 6.04 Å². The number of nitrogens with zero attached hydrogens (tertiary/aromatic N) is 2. The van der Waals surface area contributed by atoms with Crippen molar-refractivity contribution < 1.29 is 4.79 Å². The van der Waals surface area contributed by atoms with Crippen molar-refractivity contribution in [3.8, 4) is 5.69 Å². The first-order chi connectivity index (χ1) is 15.5. The minimum absolute atomic E-state index is 0.0429. The lowest BCUT2D eigenvalue weighted by atomic mass is 10.1. The lowest BCUT2D eigenvalue weighted by Crippen LogP contribution is -2.34. The zero-order chi connectivity index (χ0) is 22.5. The highest BCUT2D eigenvalue weighted by Crippen LogP contribution is 2.27. The molecule has 0 aliphatic rings. The Morgan fingerprint density at radius 2 is 1.91 bits per heavy atom. The molecule has 0 saturated carbocycles. The first-order valence-corrected chi connectivity index (χ1v) is 12.5. The Kier molecular flexibility index (Phi) is 7.29. The third-order valence-electron chi connectivity index (χ3n) is 4.99. The Hall–Kier alpha value is -2.61. The molecule has 0 spiro atoms. The van der Waals surface area contributed by atoms with E-state index in [1.807, 2.05) is 48.7 Å². The summed E-state index contributed by atoms with van der Waals surface area (Å²) >= 11 is 8.95. The molecule has 5 nitrogen and oxygen atoms in total. The number of benzene rings is 2. The second kappa shape index (κ2) is 10.3. The molecule has 0 aliphatic heterocycles. The number of amides is 1. The Morgan fingerprint density at radius 3 is 2.69 bits per heavy atom. The van der Waals surface area contributed by atoms with Gasteiger partial charge in [-0.3, -0.25) is 14.2 Å². The Bertz CT molecular complexity index is 1290. The number of aromatic nitrogens is 2. The summed E-state index contributed by atoms with van der Waals surface area (Å²) in [6.07, 6.45) is 1.75. The van der Waals surface area contributed by atoms with Crippen molar-refractivity contribution in [1.29, 1.82) is 0 Å². The number of aryl methyl sites for hydroxylation is 1. The van der Waals surface area contributed by atoms with E-state index < -0.39 is 0 Å². The molecule has 32 heavy (non-hydrogen) atoms. The number of nitrogens with one attached hydrogen (secondary N) is 1. The molecule has 0 saturated heterocycles. The summed E-state index contributed by atoms with van der Waals surface area (Å²) in [5.41, 5.74) is 2.25. The number of rotatable bonds is 8. The number of carbonyl (C=O) groups excluding carboxylic acids is 1. The second-order valence-corrected chi connectivity index (χ2v) is 9.67. The summed E-state index contributed by atoms with van der Waals surface area (Å²) in [5, 5.41) is 5.78. The van der Waals surface area contributed by atoms with Crippen molar-refractivity contribution in [3.63, 3.8) is 0 Å². The Labute approximate surface area is 199 Å². The third-order valence-corrected chi connectivity index (χ3v) is 7.14. The van der Waals surface area contributed by atoms with Crippen LogP contribution < -0.4 is 10.9 Å². The number of halogens is 1. The predicted molar refractivity (Wildman–Crippen MR) is 133 cm³/mol. The summed E-state index contributed by atoms with van der Waals surface area (Å²) in [6, 6.07) is 19.2. The quantitative estimate of drug-likeness (QED) is 0.272. The van der Waals surface area contributed by atoms with Gasteiger partial charge in [0.25, 0.3) is 5.56 Å². The number of carbonyl (C=O) groups is 1. The summed E-state index contributed by atoms with van der Waals surface area (Å²) in [5.74, 6) is 0.0586. The lowest BCUT2D eigenvalue weighted by molar-refractivity contribution is -0.119. The van der Waals surface area contributed by atoms with Crippen molar-refractivity contribution in [2.45, 2.75) is 31.0 Å². The van der Waals surface area contributed by atoms with Gasteiger partial charge in [0.2, 0.25) is 5.91 Å². The van der Waals surface area contributed by atoms with Crippen molar-refractivity contribution in [3.05, 3.63) is 87.0 Å². The number of fused-ring (bicyclic) bond motifs is 1. The largest absolute Gasteiger partial charge is 0.353 e. The van der Waals surface area contributed by atoms with E-state index in [9.17, 15) is 9.59 Å². The maximum atomic E-state index is 13.2. The van der Waals surface area contributed by atoms with Crippen LogP contribution in [0.3, 0.4) is 0 Å². The van der Waals surface area contributed by atoms with Crippen LogP contribution in [0, 0.1) is 0 Å². The molecular weight excluding hydrogens is 462 g/mol. The van der Waals surface area contributed by atoms with Crippen LogP contribution in [0.5, 0.6) is 0 Å². The minimum atomic E-state index is -0.183. The fraction of sp³-hybridized carbons (Fsp3) is 0.208. The van der Waals surface area contributed by atoms with Gasteiger partial charge in [-0.2, -0.15) is 0 Å². The van der Waals surface area contributed by atoms with Gasteiger partial charge in [-0.1, -0.05) is 65.8 Å². The molecule has 2 aromatic carbocycles. The van der Waals surface area contributed by atoms with Crippen LogP contribution in [0.25, 0.3) is 15.9 Å². The molecule has 1 amide bonds. The standard InChI is InChI=1S/C24H22ClN3O2S2/c1-16(11-12-17-7-3-2-4-8-17)26-21(29)15-32-24-27-19-13-14-31-22(19)23(30)28(24)20-10-6-5-9-18(20)25/h2-10,13-14,16H,11-12,15H2,1H3,(H,26,29). The molecule has 1 atom stereocenters. The van der Waals surface area contributed by atoms with Gasteiger partial charge < -0.3 is 5.32 Å². The topological polar surface area (TPSA) is 64.0 Å².